The molecular weight excluding hydrogens is 267 g/mol. The molecule has 0 aliphatic rings. The van der Waals surface area contributed by atoms with Gasteiger partial charge < -0.3 is 4.74 Å². The molecule has 0 saturated heterocycles. The van der Waals surface area contributed by atoms with Crippen LogP contribution in [0, 0.1) is 5.82 Å². The summed E-state index contributed by atoms with van der Waals surface area (Å²) in [7, 11) is 1.43. The zero-order valence-corrected chi connectivity index (χ0v) is 12.5. The molecule has 2 nitrogen and oxygen atoms in total. The minimum Gasteiger partial charge on any atom is -0.496 e. The van der Waals surface area contributed by atoms with E-state index < -0.39 is 5.82 Å². The molecule has 0 aliphatic carbocycles. The number of hydrogen-bond donors (Lipinski definition) is 0. The van der Waals surface area contributed by atoms with Crippen molar-refractivity contribution in [1.29, 1.82) is 0 Å². The van der Waals surface area contributed by atoms with Crippen molar-refractivity contribution < 1.29 is 13.9 Å². The Kier molecular flexibility index (Phi) is 4.73. The number of ketones is 1. The highest BCUT2D eigenvalue weighted by Gasteiger charge is 2.19. The Balaban J connectivity index is 2.37. The van der Waals surface area contributed by atoms with Gasteiger partial charge >= 0.3 is 0 Å². The highest BCUT2D eigenvalue weighted by molar-refractivity contribution is 6.10. The SMILES string of the molecule is CCC(C)c1ccc(C(=O)c2c(F)cccc2OC)cc1. The Labute approximate surface area is 124 Å². The maximum absolute atomic E-state index is 13.9. The van der Waals surface area contributed by atoms with Crippen LogP contribution in [0.4, 0.5) is 4.39 Å². The lowest BCUT2D eigenvalue weighted by Crippen LogP contribution is -2.07. The summed E-state index contributed by atoms with van der Waals surface area (Å²) in [5, 5.41) is 0. The molecule has 0 N–H and O–H groups in total. The van der Waals surface area contributed by atoms with Crippen molar-refractivity contribution in [3.05, 3.63) is 65.0 Å². The number of ether oxygens (including phenoxy) is 1. The lowest BCUT2D eigenvalue weighted by molar-refractivity contribution is 0.103. The van der Waals surface area contributed by atoms with Gasteiger partial charge in [0, 0.05) is 5.56 Å². The fraction of sp³-hybridized carbons (Fsp3) is 0.278. The maximum Gasteiger partial charge on any atom is 0.199 e. The number of rotatable bonds is 5. The molecule has 1 atom stereocenters. The van der Waals surface area contributed by atoms with Gasteiger partial charge in [-0.05, 0) is 30.0 Å². The standard InChI is InChI=1S/C18H19FO2/c1-4-12(2)13-8-10-14(11-9-13)18(20)17-15(19)6-5-7-16(17)21-3/h5-12H,4H2,1-3H3. The van der Waals surface area contributed by atoms with Crippen molar-refractivity contribution >= 4 is 5.78 Å². The molecule has 0 bridgehead atoms. The second-order valence-corrected chi connectivity index (χ2v) is 5.08. The van der Waals surface area contributed by atoms with E-state index in [0.717, 1.165) is 6.42 Å². The summed E-state index contributed by atoms with van der Waals surface area (Å²) in [5.41, 5.74) is 1.62. The number of halogens is 1. The van der Waals surface area contributed by atoms with Crippen molar-refractivity contribution in [3.8, 4) is 5.75 Å². The molecule has 3 heteroatoms. The van der Waals surface area contributed by atoms with Crippen LogP contribution < -0.4 is 4.74 Å². The lowest BCUT2D eigenvalue weighted by Gasteiger charge is -2.11. The molecule has 0 saturated carbocycles. The Bertz CT molecular complexity index is 632. The lowest BCUT2D eigenvalue weighted by atomic mass is 9.95. The molecule has 1 unspecified atom stereocenters. The molecule has 2 aromatic rings. The third-order valence-corrected chi connectivity index (χ3v) is 3.78. The fourth-order valence-corrected chi connectivity index (χ4v) is 2.24. The molecular formula is C18H19FO2. The van der Waals surface area contributed by atoms with Gasteiger partial charge in [-0.25, -0.2) is 4.39 Å². The monoisotopic (exact) mass is 286 g/mol. The van der Waals surface area contributed by atoms with Gasteiger partial charge in [0.25, 0.3) is 0 Å². The fourth-order valence-electron chi connectivity index (χ4n) is 2.24. The van der Waals surface area contributed by atoms with Crippen molar-refractivity contribution in [1.82, 2.24) is 0 Å². The Morgan fingerprint density at radius 1 is 1.19 bits per heavy atom. The van der Waals surface area contributed by atoms with Gasteiger partial charge in [-0.3, -0.25) is 4.79 Å². The van der Waals surface area contributed by atoms with E-state index in [1.54, 1.807) is 18.2 Å². The van der Waals surface area contributed by atoms with Crippen LogP contribution in [0.1, 0.15) is 47.7 Å². The molecule has 0 spiro atoms. The number of carbonyl (C=O) groups is 1. The first-order valence-electron chi connectivity index (χ1n) is 7.05. The van der Waals surface area contributed by atoms with E-state index in [1.165, 1.54) is 24.8 Å². The normalized spacial score (nSPS) is 12.0. The molecule has 2 aromatic carbocycles. The number of carbonyl (C=O) groups excluding carboxylic acids is 1. The number of methoxy groups -OCH3 is 1. The van der Waals surface area contributed by atoms with Gasteiger partial charge in [-0.2, -0.15) is 0 Å². The summed E-state index contributed by atoms with van der Waals surface area (Å²) < 4.78 is 19.0. The number of hydrogen-bond acceptors (Lipinski definition) is 2. The molecule has 0 aromatic heterocycles. The molecule has 0 aliphatic heterocycles. The molecule has 0 heterocycles. The summed E-state index contributed by atoms with van der Waals surface area (Å²) >= 11 is 0. The van der Waals surface area contributed by atoms with Crippen LogP contribution in [0.3, 0.4) is 0 Å². The number of benzene rings is 2. The predicted octanol–water partition coefficient (Wildman–Crippen LogP) is 4.58. The molecule has 0 amide bonds. The summed E-state index contributed by atoms with van der Waals surface area (Å²) in [5.74, 6) is -0.228. The van der Waals surface area contributed by atoms with Crippen LogP contribution in [0.5, 0.6) is 5.75 Å². The largest absolute Gasteiger partial charge is 0.496 e. The van der Waals surface area contributed by atoms with E-state index in [9.17, 15) is 9.18 Å². The highest BCUT2D eigenvalue weighted by Crippen LogP contribution is 2.25. The van der Waals surface area contributed by atoms with Gasteiger partial charge in [0.1, 0.15) is 17.1 Å². The van der Waals surface area contributed by atoms with Gasteiger partial charge in [0.15, 0.2) is 5.78 Å². The predicted molar refractivity (Wildman–Crippen MR) is 81.5 cm³/mol. The van der Waals surface area contributed by atoms with Crippen LogP contribution >= 0.6 is 0 Å². The highest BCUT2D eigenvalue weighted by atomic mass is 19.1. The Hall–Kier alpha value is -2.16. The topological polar surface area (TPSA) is 26.3 Å². The molecule has 21 heavy (non-hydrogen) atoms. The van der Waals surface area contributed by atoms with Gasteiger partial charge in [0.2, 0.25) is 0 Å². The summed E-state index contributed by atoms with van der Waals surface area (Å²) in [6, 6.07) is 11.7. The van der Waals surface area contributed by atoms with Crippen molar-refractivity contribution in [2.45, 2.75) is 26.2 Å². The molecule has 2 rings (SSSR count). The van der Waals surface area contributed by atoms with Gasteiger partial charge in [-0.15, -0.1) is 0 Å². The molecule has 110 valence electrons. The van der Waals surface area contributed by atoms with E-state index in [0.29, 0.717) is 11.5 Å². The van der Waals surface area contributed by atoms with Crippen LogP contribution in [-0.2, 0) is 0 Å². The van der Waals surface area contributed by atoms with Crippen LogP contribution in [0.25, 0.3) is 0 Å². The van der Waals surface area contributed by atoms with Crippen molar-refractivity contribution in [2.24, 2.45) is 0 Å². The molecule has 0 radical (unpaired) electrons. The van der Waals surface area contributed by atoms with Crippen LogP contribution in [0.15, 0.2) is 42.5 Å². The van der Waals surface area contributed by atoms with Gasteiger partial charge in [0.05, 0.1) is 7.11 Å². The summed E-state index contributed by atoms with van der Waals surface area (Å²) in [4.78, 5) is 12.5. The van der Waals surface area contributed by atoms with E-state index in [4.69, 9.17) is 4.74 Å². The van der Waals surface area contributed by atoms with E-state index >= 15 is 0 Å². The van der Waals surface area contributed by atoms with E-state index in [1.807, 2.05) is 12.1 Å². The summed E-state index contributed by atoms with van der Waals surface area (Å²) in [6.07, 6.45) is 1.04. The first-order valence-corrected chi connectivity index (χ1v) is 7.05. The third-order valence-electron chi connectivity index (χ3n) is 3.78. The zero-order chi connectivity index (χ0) is 15.4. The first-order chi connectivity index (χ1) is 10.1. The average Bonchev–Trinajstić information content (AvgIpc) is 2.53. The minimum atomic E-state index is -0.564. The van der Waals surface area contributed by atoms with Gasteiger partial charge in [-0.1, -0.05) is 44.2 Å². The maximum atomic E-state index is 13.9. The van der Waals surface area contributed by atoms with Crippen LogP contribution in [-0.4, -0.2) is 12.9 Å². The second-order valence-electron chi connectivity index (χ2n) is 5.08. The minimum absolute atomic E-state index is 0.0173. The zero-order valence-electron chi connectivity index (χ0n) is 12.5. The summed E-state index contributed by atoms with van der Waals surface area (Å²) in [6.45, 7) is 4.25. The van der Waals surface area contributed by atoms with Crippen LogP contribution in [0.2, 0.25) is 0 Å². The Morgan fingerprint density at radius 2 is 1.86 bits per heavy atom. The smallest absolute Gasteiger partial charge is 0.199 e. The van der Waals surface area contributed by atoms with E-state index in [-0.39, 0.29) is 17.1 Å². The van der Waals surface area contributed by atoms with E-state index in [2.05, 4.69) is 13.8 Å². The average molecular weight is 286 g/mol. The first kappa shape index (κ1) is 15.2. The quantitative estimate of drug-likeness (QED) is 0.752. The second kappa shape index (κ2) is 6.53. The molecule has 0 fully saturated rings. The Morgan fingerprint density at radius 3 is 2.43 bits per heavy atom. The van der Waals surface area contributed by atoms with Crippen molar-refractivity contribution in [2.75, 3.05) is 7.11 Å². The third kappa shape index (κ3) is 3.13. The van der Waals surface area contributed by atoms with Crippen molar-refractivity contribution in [3.63, 3.8) is 0 Å².